The number of hydrogen-bond acceptors (Lipinski definition) is 4. The fourth-order valence-electron chi connectivity index (χ4n) is 2.74. The fourth-order valence-corrected chi connectivity index (χ4v) is 3.94. The first-order valence-electron chi connectivity index (χ1n) is 8.15. The van der Waals surface area contributed by atoms with Crippen molar-refractivity contribution in [2.24, 2.45) is 0 Å². The number of nitrogens with one attached hydrogen (secondary N) is 2. The maximum atomic E-state index is 12.6. The minimum atomic E-state index is -0.0564. The highest BCUT2D eigenvalue weighted by molar-refractivity contribution is 7.71. The van der Waals surface area contributed by atoms with Crippen LogP contribution in [-0.4, -0.2) is 27.2 Å². The van der Waals surface area contributed by atoms with Gasteiger partial charge in [0.15, 0.2) is 4.77 Å². The van der Waals surface area contributed by atoms with Crippen LogP contribution in [0.3, 0.4) is 0 Å². The van der Waals surface area contributed by atoms with Crippen LogP contribution in [0.1, 0.15) is 35.4 Å². The lowest BCUT2D eigenvalue weighted by molar-refractivity contribution is 0.0958. The molecule has 0 aliphatic rings. The van der Waals surface area contributed by atoms with Crippen molar-refractivity contribution in [1.29, 1.82) is 0 Å². The Morgan fingerprint density at radius 3 is 2.80 bits per heavy atom. The van der Waals surface area contributed by atoms with Crippen molar-refractivity contribution in [1.82, 2.24) is 20.1 Å². The van der Waals surface area contributed by atoms with E-state index in [1.54, 1.807) is 0 Å². The van der Waals surface area contributed by atoms with Crippen molar-refractivity contribution in [3.63, 3.8) is 0 Å². The Labute approximate surface area is 155 Å². The highest BCUT2D eigenvalue weighted by Crippen LogP contribution is 2.28. The molecule has 5 nitrogen and oxygen atoms in total. The van der Waals surface area contributed by atoms with Gasteiger partial charge in [0.1, 0.15) is 5.82 Å². The second kappa shape index (κ2) is 7.76. The second-order valence-electron chi connectivity index (χ2n) is 5.94. The predicted octanol–water partition coefficient (Wildman–Crippen LogP) is 4.22. The first-order chi connectivity index (χ1) is 12.1. The number of H-pyrrole nitrogens is 1. The van der Waals surface area contributed by atoms with Crippen molar-refractivity contribution in [2.75, 3.05) is 6.54 Å². The van der Waals surface area contributed by atoms with Crippen LogP contribution in [0.4, 0.5) is 0 Å². The number of carbonyl (C=O) groups is 1. The second-order valence-corrected chi connectivity index (χ2v) is 7.25. The van der Waals surface area contributed by atoms with Gasteiger partial charge >= 0.3 is 0 Å². The lowest BCUT2D eigenvalue weighted by atomic mass is 10.1. The summed E-state index contributed by atoms with van der Waals surface area (Å²) < 4.78 is 2.59. The third-order valence-electron chi connectivity index (χ3n) is 3.88. The number of carbonyl (C=O) groups excluding carboxylic acids is 1. The molecule has 0 unspecified atom stereocenters. The number of nitrogens with zero attached hydrogens (tertiary/aromatic N) is 2. The summed E-state index contributed by atoms with van der Waals surface area (Å²) in [6.45, 7) is 4.63. The minimum absolute atomic E-state index is 0.0564. The predicted molar refractivity (Wildman–Crippen MR) is 104 cm³/mol. The van der Waals surface area contributed by atoms with Crippen LogP contribution < -0.4 is 5.32 Å². The minimum Gasteiger partial charge on any atom is -0.351 e. The highest BCUT2D eigenvalue weighted by atomic mass is 32.1. The Bertz CT molecular complexity index is 909. The summed E-state index contributed by atoms with van der Waals surface area (Å²) in [6, 6.07) is 12.2. The molecule has 0 saturated carbocycles. The summed E-state index contributed by atoms with van der Waals surface area (Å²) in [7, 11) is 0. The van der Waals surface area contributed by atoms with Crippen LogP contribution in [0.5, 0.6) is 0 Å². The van der Waals surface area contributed by atoms with Gasteiger partial charge in [0.25, 0.3) is 5.91 Å². The van der Waals surface area contributed by atoms with Crippen molar-refractivity contribution in [2.45, 2.75) is 26.3 Å². The van der Waals surface area contributed by atoms with E-state index in [1.165, 1.54) is 11.3 Å². The largest absolute Gasteiger partial charge is 0.351 e. The molecule has 0 bridgehead atoms. The molecular formula is C18H20N4OS2. The number of aromatic nitrogens is 3. The Morgan fingerprint density at radius 2 is 2.08 bits per heavy atom. The lowest BCUT2D eigenvalue weighted by Crippen LogP contribution is -2.26. The van der Waals surface area contributed by atoms with E-state index in [0.717, 1.165) is 21.8 Å². The SMILES string of the molecule is CC(C)n1c(CCNC(=O)c2sccc2-c2ccccc2)n[nH]c1=S. The van der Waals surface area contributed by atoms with E-state index in [4.69, 9.17) is 12.2 Å². The van der Waals surface area contributed by atoms with Gasteiger partial charge in [-0.2, -0.15) is 5.10 Å². The molecule has 3 rings (SSSR count). The molecule has 3 aromatic rings. The Hall–Kier alpha value is -2.25. The normalized spacial score (nSPS) is 11.0. The fraction of sp³-hybridized carbons (Fsp3) is 0.278. The zero-order valence-electron chi connectivity index (χ0n) is 14.2. The molecular weight excluding hydrogens is 352 g/mol. The topological polar surface area (TPSA) is 62.7 Å². The average molecular weight is 373 g/mol. The number of aromatic amines is 1. The Kier molecular flexibility index (Phi) is 5.45. The van der Waals surface area contributed by atoms with Crippen LogP contribution in [0.2, 0.25) is 0 Å². The van der Waals surface area contributed by atoms with Gasteiger partial charge in [0.2, 0.25) is 0 Å². The summed E-state index contributed by atoms with van der Waals surface area (Å²) in [6.07, 6.45) is 0.628. The molecule has 0 atom stereocenters. The Balaban J connectivity index is 1.67. The van der Waals surface area contributed by atoms with Crippen LogP contribution in [0.25, 0.3) is 11.1 Å². The first-order valence-corrected chi connectivity index (χ1v) is 9.43. The van der Waals surface area contributed by atoms with Gasteiger partial charge in [0.05, 0.1) is 4.88 Å². The molecule has 2 N–H and O–H groups in total. The van der Waals surface area contributed by atoms with E-state index in [2.05, 4.69) is 29.4 Å². The summed E-state index contributed by atoms with van der Waals surface area (Å²) >= 11 is 6.70. The van der Waals surface area contributed by atoms with Gasteiger partial charge in [-0.3, -0.25) is 9.89 Å². The van der Waals surface area contributed by atoms with Crippen molar-refractivity contribution < 1.29 is 4.79 Å². The third-order valence-corrected chi connectivity index (χ3v) is 5.09. The maximum absolute atomic E-state index is 12.6. The standard InChI is InChI=1S/C18H20N4OS2/c1-12(2)22-15(20-21-18(22)24)8-10-19-17(23)16-14(9-11-25-16)13-6-4-3-5-7-13/h3-7,9,11-12H,8,10H2,1-2H3,(H,19,23)(H,21,24). The molecule has 130 valence electrons. The molecule has 0 fully saturated rings. The Morgan fingerprint density at radius 1 is 1.32 bits per heavy atom. The van der Waals surface area contributed by atoms with Gasteiger partial charge in [-0.05, 0) is 43.1 Å². The summed E-state index contributed by atoms with van der Waals surface area (Å²) in [5.41, 5.74) is 2.02. The molecule has 0 saturated heterocycles. The number of hydrogen-bond donors (Lipinski definition) is 2. The van der Waals surface area contributed by atoms with E-state index in [0.29, 0.717) is 17.7 Å². The monoisotopic (exact) mass is 372 g/mol. The maximum Gasteiger partial charge on any atom is 0.262 e. The van der Waals surface area contributed by atoms with Crippen LogP contribution in [0, 0.1) is 4.77 Å². The molecule has 0 aliphatic heterocycles. The molecule has 2 heterocycles. The number of rotatable bonds is 6. The quantitative estimate of drug-likeness (QED) is 0.637. The third kappa shape index (κ3) is 3.88. The molecule has 7 heteroatoms. The average Bonchev–Trinajstić information content (AvgIpc) is 3.22. The van der Waals surface area contributed by atoms with Gasteiger partial charge in [-0.25, -0.2) is 0 Å². The molecule has 0 aliphatic carbocycles. The zero-order chi connectivity index (χ0) is 17.8. The van der Waals surface area contributed by atoms with Gasteiger partial charge < -0.3 is 9.88 Å². The van der Waals surface area contributed by atoms with Crippen molar-refractivity contribution >= 4 is 29.5 Å². The number of benzene rings is 1. The van der Waals surface area contributed by atoms with Crippen molar-refractivity contribution in [3.05, 3.63) is 57.3 Å². The summed E-state index contributed by atoms with van der Waals surface area (Å²) in [5, 5.41) is 12.0. The smallest absolute Gasteiger partial charge is 0.262 e. The van der Waals surface area contributed by atoms with Crippen LogP contribution in [0.15, 0.2) is 41.8 Å². The molecule has 0 spiro atoms. The summed E-state index contributed by atoms with van der Waals surface area (Å²) in [4.78, 5) is 13.3. The van der Waals surface area contributed by atoms with E-state index in [9.17, 15) is 4.79 Å². The molecule has 25 heavy (non-hydrogen) atoms. The van der Waals surface area contributed by atoms with E-state index < -0.39 is 0 Å². The van der Waals surface area contributed by atoms with Crippen LogP contribution in [-0.2, 0) is 6.42 Å². The van der Waals surface area contributed by atoms with Crippen LogP contribution >= 0.6 is 23.6 Å². The molecule has 1 amide bonds. The van der Waals surface area contributed by atoms with Gasteiger partial charge in [-0.1, -0.05) is 30.3 Å². The zero-order valence-corrected chi connectivity index (χ0v) is 15.8. The van der Waals surface area contributed by atoms with Gasteiger partial charge in [0, 0.05) is 24.6 Å². The lowest BCUT2D eigenvalue weighted by Gasteiger charge is -2.11. The van der Waals surface area contributed by atoms with E-state index >= 15 is 0 Å². The number of amides is 1. The molecule has 1 aromatic carbocycles. The summed E-state index contributed by atoms with van der Waals surface area (Å²) in [5.74, 6) is 0.800. The van der Waals surface area contributed by atoms with Gasteiger partial charge in [-0.15, -0.1) is 11.3 Å². The molecule has 2 aromatic heterocycles. The van der Waals surface area contributed by atoms with Crippen molar-refractivity contribution in [3.8, 4) is 11.1 Å². The van der Waals surface area contributed by atoms with E-state index in [-0.39, 0.29) is 11.9 Å². The first kappa shape index (κ1) is 17.6. The van der Waals surface area contributed by atoms with E-state index in [1.807, 2.05) is 46.3 Å². The number of thiophene rings is 1. The molecule has 0 radical (unpaired) electrons. The highest BCUT2D eigenvalue weighted by Gasteiger charge is 2.15.